The molecule has 0 saturated carbocycles. The maximum absolute atomic E-state index is 12.6. The van der Waals surface area contributed by atoms with Gasteiger partial charge in [0, 0.05) is 16.4 Å². The second kappa shape index (κ2) is 3.84. The molecule has 1 aromatic carbocycles. The van der Waals surface area contributed by atoms with Gasteiger partial charge in [-0.3, -0.25) is 9.59 Å². The Balaban J connectivity index is 2.33. The van der Waals surface area contributed by atoms with Crippen LogP contribution in [0, 0.1) is 6.92 Å². The summed E-state index contributed by atoms with van der Waals surface area (Å²) in [7, 11) is 0. The lowest BCUT2D eigenvalue weighted by Crippen LogP contribution is -2.46. The fourth-order valence-corrected chi connectivity index (χ4v) is 4.73. The van der Waals surface area contributed by atoms with Gasteiger partial charge in [-0.2, -0.15) is 0 Å². The van der Waals surface area contributed by atoms with E-state index in [1.54, 1.807) is 11.8 Å². The van der Waals surface area contributed by atoms with E-state index in [-0.39, 0.29) is 11.7 Å². The maximum Gasteiger partial charge on any atom is 0.242 e. The lowest BCUT2D eigenvalue weighted by Gasteiger charge is -2.28. The number of hydrogen-bond donors (Lipinski definition) is 1. The van der Waals surface area contributed by atoms with Crippen LogP contribution in [0.25, 0.3) is 0 Å². The minimum absolute atomic E-state index is 0.117. The van der Waals surface area contributed by atoms with Gasteiger partial charge < -0.3 is 5.73 Å². The normalized spacial score (nSPS) is 29.2. The first-order valence-corrected chi connectivity index (χ1v) is 7.55. The molecule has 0 bridgehead atoms. The number of ketones is 1. The molecule has 5 heteroatoms. The van der Waals surface area contributed by atoms with Gasteiger partial charge in [-0.25, -0.2) is 0 Å². The standard InChI is InChI=1S/C13H12BrNO2S/c1-6-2-3-8-10-7(4-5-18-8)13(14,12(15)17)11(16)9(6)10/h2-3,7H,4-5H2,1H3,(H2,15,17). The molecular weight excluding hydrogens is 314 g/mol. The molecule has 1 aliphatic heterocycles. The first-order valence-electron chi connectivity index (χ1n) is 5.77. The third-order valence-electron chi connectivity index (χ3n) is 3.82. The van der Waals surface area contributed by atoms with E-state index < -0.39 is 10.2 Å². The van der Waals surface area contributed by atoms with Crippen molar-refractivity contribution in [1.82, 2.24) is 0 Å². The van der Waals surface area contributed by atoms with Crippen molar-refractivity contribution >= 4 is 39.4 Å². The maximum atomic E-state index is 12.6. The number of thioether (sulfide) groups is 1. The Morgan fingerprint density at radius 1 is 1.56 bits per heavy atom. The Kier molecular flexibility index (Phi) is 2.61. The summed E-state index contributed by atoms with van der Waals surface area (Å²) in [6.07, 6.45) is 0.800. The van der Waals surface area contributed by atoms with Gasteiger partial charge in [-0.15, -0.1) is 11.8 Å². The van der Waals surface area contributed by atoms with Crippen LogP contribution in [0.5, 0.6) is 0 Å². The number of primary amides is 1. The summed E-state index contributed by atoms with van der Waals surface area (Å²) in [6.45, 7) is 1.91. The summed E-state index contributed by atoms with van der Waals surface area (Å²) in [5.41, 5.74) is 8.12. The molecule has 94 valence electrons. The van der Waals surface area contributed by atoms with Crippen molar-refractivity contribution in [2.75, 3.05) is 5.75 Å². The number of nitrogens with two attached hydrogens (primary N) is 1. The fraction of sp³-hybridized carbons (Fsp3) is 0.385. The van der Waals surface area contributed by atoms with E-state index in [4.69, 9.17) is 5.73 Å². The van der Waals surface area contributed by atoms with Crippen LogP contribution >= 0.6 is 27.7 Å². The van der Waals surface area contributed by atoms with Crippen molar-refractivity contribution in [3.8, 4) is 0 Å². The molecule has 3 nitrogen and oxygen atoms in total. The zero-order chi connectivity index (χ0) is 13.1. The first kappa shape index (κ1) is 12.2. The zero-order valence-corrected chi connectivity index (χ0v) is 12.2. The van der Waals surface area contributed by atoms with Gasteiger partial charge in [0.15, 0.2) is 10.1 Å². The highest BCUT2D eigenvalue weighted by molar-refractivity contribution is 9.10. The molecule has 2 N–H and O–H groups in total. The summed E-state index contributed by atoms with van der Waals surface area (Å²) in [5, 5.41) is 0. The number of alkyl halides is 1. The molecule has 18 heavy (non-hydrogen) atoms. The molecule has 0 saturated heterocycles. The van der Waals surface area contributed by atoms with E-state index in [0.29, 0.717) is 5.56 Å². The Bertz CT molecular complexity index is 587. The van der Waals surface area contributed by atoms with Crippen LogP contribution in [0.2, 0.25) is 0 Å². The molecule has 2 unspecified atom stereocenters. The molecule has 2 atom stereocenters. The molecule has 0 fully saturated rings. The van der Waals surface area contributed by atoms with Crippen LogP contribution in [-0.2, 0) is 4.79 Å². The first-order chi connectivity index (χ1) is 8.48. The van der Waals surface area contributed by atoms with Gasteiger partial charge in [0.1, 0.15) is 0 Å². The molecule has 1 aliphatic carbocycles. The van der Waals surface area contributed by atoms with Crippen LogP contribution < -0.4 is 5.73 Å². The summed E-state index contributed by atoms with van der Waals surface area (Å²) in [4.78, 5) is 25.5. The molecular formula is C13H12BrNO2S. The van der Waals surface area contributed by atoms with E-state index in [1.807, 2.05) is 19.1 Å². The van der Waals surface area contributed by atoms with Crippen molar-refractivity contribution in [3.63, 3.8) is 0 Å². The molecule has 3 rings (SSSR count). The molecule has 1 aromatic rings. The van der Waals surface area contributed by atoms with E-state index in [1.165, 1.54) is 0 Å². The smallest absolute Gasteiger partial charge is 0.242 e. The number of carbonyl (C=O) groups excluding carboxylic acids is 2. The molecule has 2 aliphatic rings. The second-order valence-corrected chi connectivity index (χ2v) is 7.15. The second-order valence-electron chi connectivity index (χ2n) is 4.76. The predicted molar refractivity (Wildman–Crippen MR) is 74.4 cm³/mol. The Morgan fingerprint density at radius 3 is 2.94 bits per heavy atom. The topological polar surface area (TPSA) is 60.2 Å². The largest absolute Gasteiger partial charge is 0.368 e. The van der Waals surface area contributed by atoms with Gasteiger partial charge in [-0.1, -0.05) is 22.0 Å². The number of amides is 1. The van der Waals surface area contributed by atoms with Crippen molar-refractivity contribution in [1.29, 1.82) is 0 Å². The third-order valence-corrected chi connectivity index (χ3v) is 6.23. The third kappa shape index (κ3) is 1.32. The van der Waals surface area contributed by atoms with Crippen LogP contribution in [-0.4, -0.2) is 21.8 Å². The van der Waals surface area contributed by atoms with Crippen molar-refractivity contribution in [3.05, 3.63) is 28.8 Å². The summed E-state index contributed by atoms with van der Waals surface area (Å²) >= 11 is 5.10. The number of hydrogen-bond acceptors (Lipinski definition) is 3. The van der Waals surface area contributed by atoms with Gasteiger partial charge >= 0.3 is 0 Å². The summed E-state index contributed by atoms with van der Waals surface area (Å²) in [5.74, 6) is 0.0464. The minimum atomic E-state index is -1.24. The number of rotatable bonds is 1. The number of carbonyl (C=O) groups is 2. The number of benzene rings is 1. The van der Waals surface area contributed by atoms with Crippen LogP contribution in [0.3, 0.4) is 0 Å². The Hall–Kier alpha value is -0.810. The molecule has 1 heterocycles. The number of halogens is 1. The van der Waals surface area contributed by atoms with E-state index in [9.17, 15) is 9.59 Å². The van der Waals surface area contributed by atoms with Gasteiger partial charge in [0.25, 0.3) is 0 Å². The van der Waals surface area contributed by atoms with Crippen molar-refractivity contribution in [2.45, 2.75) is 28.5 Å². The van der Waals surface area contributed by atoms with Crippen molar-refractivity contribution in [2.24, 2.45) is 5.73 Å². The highest BCUT2D eigenvalue weighted by Crippen LogP contribution is 2.55. The molecule has 0 spiro atoms. The lowest BCUT2D eigenvalue weighted by atomic mass is 9.88. The monoisotopic (exact) mass is 325 g/mol. The highest BCUT2D eigenvalue weighted by Gasteiger charge is 2.57. The SMILES string of the molecule is Cc1ccc2c3c1C(=O)C(Br)(C(N)=O)C3CCS2. The molecule has 1 amide bonds. The fourth-order valence-electron chi connectivity index (χ4n) is 2.94. The van der Waals surface area contributed by atoms with Gasteiger partial charge in [0.05, 0.1) is 0 Å². The summed E-state index contributed by atoms with van der Waals surface area (Å²) in [6, 6.07) is 3.99. The van der Waals surface area contributed by atoms with Crippen LogP contribution in [0.1, 0.15) is 33.8 Å². The predicted octanol–water partition coefficient (Wildman–Crippen LogP) is 2.39. The number of aryl methyl sites for hydroxylation is 1. The average molecular weight is 326 g/mol. The Morgan fingerprint density at radius 2 is 2.28 bits per heavy atom. The van der Waals surface area contributed by atoms with Gasteiger partial charge in [-0.05, 0) is 36.3 Å². The van der Waals surface area contributed by atoms with E-state index in [2.05, 4.69) is 15.9 Å². The summed E-state index contributed by atoms with van der Waals surface area (Å²) < 4.78 is -1.24. The van der Waals surface area contributed by atoms with E-state index in [0.717, 1.165) is 28.2 Å². The quantitative estimate of drug-likeness (QED) is 0.637. The minimum Gasteiger partial charge on any atom is -0.368 e. The zero-order valence-electron chi connectivity index (χ0n) is 9.83. The van der Waals surface area contributed by atoms with E-state index >= 15 is 0 Å². The highest BCUT2D eigenvalue weighted by atomic mass is 79.9. The van der Waals surface area contributed by atoms with Crippen LogP contribution in [0.15, 0.2) is 17.0 Å². The Labute approximate surface area is 118 Å². The van der Waals surface area contributed by atoms with Crippen molar-refractivity contribution < 1.29 is 9.59 Å². The molecule has 0 radical (unpaired) electrons. The average Bonchev–Trinajstić information content (AvgIpc) is 2.58. The van der Waals surface area contributed by atoms with Gasteiger partial charge in [0.2, 0.25) is 5.91 Å². The molecule has 0 aromatic heterocycles. The number of Topliss-reactive ketones (excluding diaryl/α,β-unsaturated/α-hetero) is 1. The lowest BCUT2D eigenvalue weighted by molar-refractivity contribution is -0.119. The van der Waals surface area contributed by atoms with Crippen LogP contribution in [0.4, 0.5) is 0 Å².